The lowest BCUT2D eigenvalue weighted by molar-refractivity contribution is -0.215. The minimum Gasteiger partial charge on any atom is -0.235 e. The number of rotatable bonds is 4. The fourth-order valence-electron chi connectivity index (χ4n) is 1.31. The number of nitrogens with zero attached hydrogens (tertiary/aromatic N) is 2. The molecule has 2 N–H and O–H groups in total. The summed E-state index contributed by atoms with van der Waals surface area (Å²) in [5.74, 6) is 0. The Morgan fingerprint density at radius 2 is 1.83 bits per heavy atom. The summed E-state index contributed by atoms with van der Waals surface area (Å²) in [6.07, 6.45) is 0. The molecule has 0 saturated heterocycles. The van der Waals surface area contributed by atoms with Gasteiger partial charge in [-0.3, -0.25) is 0 Å². The average Bonchev–Trinajstić information content (AvgIpc) is 2.41. The Bertz CT molecular complexity index is 546. The smallest absolute Gasteiger partial charge is 0.106 e. The van der Waals surface area contributed by atoms with Crippen LogP contribution in [0.25, 0.3) is 0 Å². The molecule has 2 aromatic rings. The molecule has 18 heavy (non-hydrogen) atoms. The number of azo groups is 1. The van der Waals surface area contributed by atoms with Crippen LogP contribution in [0.3, 0.4) is 0 Å². The molecular formula is C12H10ClN3O2. The third kappa shape index (κ3) is 3.27. The maximum atomic E-state index is 8.29. The molecular weight excluding hydrogens is 254 g/mol. The van der Waals surface area contributed by atoms with Crippen molar-refractivity contribution in [2.75, 3.05) is 5.48 Å². The fraction of sp³-hybridized carbons (Fsp3) is 0. The largest absolute Gasteiger partial charge is 0.235 e. The Kier molecular flexibility index (Phi) is 4.25. The van der Waals surface area contributed by atoms with Gasteiger partial charge >= 0.3 is 0 Å². The van der Waals surface area contributed by atoms with E-state index in [4.69, 9.17) is 16.9 Å². The Hall–Kier alpha value is -1.95. The summed E-state index contributed by atoms with van der Waals surface area (Å²) in [5, 5.41) is 16.8. The highest BCUT2D eigenvalue weighted by Crippen LogP contribution is 2.29. The fourth-order valence-corrected chi connectivity index (χ4v) is 1.47. The molecule has 0 bridgehead atoms. The van der Waals surface area contributed by atoms with E-state index in [-0.39, 0.29) is 0 Å². The predicted octanol–water partition coefficient (Wildman–Crippen LogP) is 4.57. The molecule has 0 aliphatic carbocycles. The van der Waals surface area contributed by atoms with Gasteiger partial charge in [0.25, 0.3) is 0 Å². The second-order valence-electron chi connectivity index (χ2n) is 3.40. The highest BCUT2D eigenvalue weighted by atomic mass is 35.5. The molecule has 0 aliphatic rings. The van der Waals surface area contributed by atoms with Crippen molar-refractivity contribution in [2.45, 2.75) is 0 Å². The molecule has 92 valence electrons. The van der Waals surface area contributed by atoms with Gasteiger partial charge in [0.1, 0.15) is 5.69 Å². The summed E-state index contributed by atoms with van der Waals surface area (Å²) < 4.78 is 0. The Morgan fingerprint density at radius 1 is 1.06 bits per heavy atom. The van der Waals surface area contributed by atoms with Gasteiger partial charge in [0.15, 0.2) is 0 Å². The lowest BCUT2D eigenvalue weighted by atomic mass is 10.3. The van der Waals surface area contributed by atoms with Gasteiger partial charge in [-0.15, -0.1) is 10.1 Å². The molecule has 0 radical (unpaired) electrons. The SMILES string of the molecule is OONc1ccc(Cl)c(N=Nc2ccccc2)c1. The summed E-state index contributed by atoms with van der Waals surface area (Å²) in [6, 6.07) is 14.2. The van der Waals surface area contributed by atoms with Crippen molar-refractivity contribution in [3.63, 3.8) is 0 Å². The van der Waals surface area contributed by atoms with Crippen molar-refractivity contribution >= 4 is 28.7 Å². The van der Waals surface area contributed by atoms with Gasteiger partial charge in [0, 0.05) is 0 Å². The second-order valence-corrected chi connectivity index (χ2v) is 3.80. The maximum Gasteiger partial charge on any atom is 0.106 e. The highest BCUT2D eigenvalue weighted by molar-refractivity contribution is 6.33. The topological polar surface area (TPSA) is 66.2 Å². The first-order valence-corrected chi connectivity index (χ1v) is 5.50. The van der Waals surface area contributed by atoms with Crippen LogP contribution in [0.1, 0.15) is 0 Å². The van der Waals surface area contributed by atoms with Crippen molar-refractivity contribution in [1.82, 2.24) is 0 Å². The van der Waals surface area contributed by atoms with Gasteiger partial charge in [-0.2, -0.15) is 5.11 Å². The van der Waals surface area contributed by atoms with Crippen LogP contribution in [0.4, 0.5) is 17.1 Å². The third-order valence-corrected chi connectivity index (χ3v) is 2.46. The molecule has 5 nitrogen and oxygen atoms in total. The van der Waals surface area contributed by atoms with E-state index >= 15 is 0 Å². The normalized spacial score (nSPS) is 10.8. The lowest BCUT2D eigenvalue weighted by Crippen LogP contribution is -1.95. The number of anilines is 1. The van der Waals surface area contributed by atoms with Crippen molar-refractivity contribution < 1.29 is 10.2 Å². The summed E-state index contributed by atoms with van der Waals surface area (Å²) >= 11 is 5.98. The van der Waals surface area contributed by atoms with E-state index < -0.39 is 0 Å². The first kappa shape index (κ1) is 12.5. The minimum atomic E-state index is 0.457. The number of hydrogen-bond acceptors (Lipinski definition) is 5. The van der Waals surface area contributed by atoms with Crippen LogP contribution in [0.15, 0.2) is 58.8 Å². The second kappa shape index (κ2) is 6.11. The number of benzene rings is 2. The van der Waals surface area contributed by atoms with Crippen LogP contribution >= 0.6 is 11.6 Å². The molecule has 0 amide bonds. The average molecular weight is 264 g/mol. The van der Waals surface area contributed by atoms with E-state index in [2.05, 4.69) is 20.7 Å². The van der Waals surface area contributed by atoms with Gasteiger partial charge in [-0.1, -0.05) is 29.8 Å². The van der Waals surface area contributed by atoms with E-state index in [1.807, 2.05) is 30.3 Å². The molecule has 0 atom stereocenters. The van der Waals surface area contributed by atoms with E-state index in [9.17, 15) is 0 Å². The molecule has 0 unspecified atom stereocenters. The monoisotopic (exact) mass is 263 g/mol. The first-order chi connectivity index (χ1) is 8.79. The third-order valence-electron chi connectivity index (χ3n) is 2.14. The van der Waals surface area contributed by atoms with Gasteiger partial charge in [0.2, 0.25) is 0 Å². The lowest BCUT2D eigenvalue weighted by Gasteiger charge is -2.02. The van der Waals surface area contributed by atoms with Gasteiger partial charge < -0.3 is 0 Å². The molecule has 0 spiro atoms. The van der Waals surface area contributed by atoms with E-state index in [1.165, 1.54) is 0 Å². The van der Waals surface area contributed by atoms with E-state index in [0.29, 0.717) is 16.4 Å². The number of halogens is 1. The molecule has 0 heterocycles. The molecule has 0 fully saturated rings. The standard InChI is InChI=1S/C12H10ClN3O2/c13-11-7-6-10(16-18-17)8-12(11)15-14-9-4-2-1-3-5-9/h1-8,16-17H. The summed E-state index contributed by atoms with van der Waals surface area (Å²) in [4.78, 5) is 3.82. The maximum absolute atomic E-state index is 8.29. The highest BCUT2D eigenvalue weighted by Gasteiger charge is 2.01. The zero-order valence-electron chi connectivity index (χ0n) is 9.25. The van der Waals surface area contributed by atoms with Crippen LogP contribution in [0.5, 0.6) is 0 Å². The minimum absolute atomic E-state index is 0.457. The Morgan fingerprint density at radius 3 is 2.56 bits per heavy atom. The van der Waals surface area contributed by atoms with Crippen molar-refractivity contribution in [3.8, 4) is 0 Å². The Labute approximate surface area is 109 Å². The number of nitrogens with one attached hydrogen (secondary N) is 1. The Balaban J connectivity index is 2.22. The molecule has 0 aliphatic heterocycles. The number of hydrogen-bond donors (Lipinski definition) is 2. The van der Waals surface area contributed by atoms with Crippen molar-refractivity contribution in [2.24, 2.45) is 10.2 Å². The van der Waals surface area contributed by atoms with Crippen LogP contribution < -0.4 is 5.48 Å². The van der Waals surface area contributed by atoms with Gasteiger partial charge in [-0.25, -0.2) is 10.7 Å². The van der Waals surface area contributed by atoms with Crippen LogP contribution in [-0.4, -0.2) is 5.26 Å². The summed E-state index contributed by atoms with van der Waals surface area (Å²) in [5.41, 5.74) is 3.99. The predicted molar refractivity (Wildman–Crippen MR) is 69.4 cm³/mol. The van der Waals surface area contributed by atoms with E-state index in [1.54, 1.807) is 18.2 Å². The summed E-state index contributed by atoms with van der Waals surface area (Å²) in [7, 11) is 0. The molecule has 2 rings (SSSR count). The molecule has 6 heteroatoms. The van der Waals surface area contributed by atoms with Crippen LogP contribution in [0.2, 0.25) is 5.02 Å². The van der Waals surface area contributed by atoms with E-state index in [0.717, 1.165) is 5.69 Å². The van der Waals surface area contributed by atoms with Gasteiger partial charge in [0.05, 0.1) is 16.4 Å². The van der Waals surface area contributed by atoms with Crippen LogP contribution in [0, 0.1) is 0 Å². The zero-order valence-corrected chi connectivity index (χ0v) is 10.0. The van der Waals surface area contributed by atoms with Crippen molar-refractivity contribution in [3.05, 3.63) is 53.6 Å². The van der Waals surface area contributed by atoms with Crippen LogP contribution in [-0.2, 0) is 4.99 Å². The van der Waals surface area contributed by atoms with Gasteiger partial charge in [-0.05, 0) is 30.3 Å². The first-order valence-electron chi connectivity index (χ1n) is 5.12. The quantitative estimate of drug-likeness (QED) is 0.482. The molecule has 0 aromatic heterocycles. The molecule has 0 saturated carbocycles. The van der Waals surface area contributed by atoms with Crippen molar-refractivity contribution in [1.29, 1.82) is 0 Å². The zero-order chi connectivity index (χ0) is 12.8. The molecule has 2 aromatic carbocycles. The summed E-state index contributed by atoms with van der Waals surface area (Å²) in [6.45, 7) is 0.